The number of benzene rings is 1. The fourth-order valence-electron chi connectivity index (χ4n) is 3.19. The van der Waals surface area contributed by atoms with Crippen molar-refractivity contribution in [1.82, 2.24) is 9.88 Å². The molecule has 4 N–H and O–H groups in total. The van der Waals surface area contributed by atoms with E-state index in [1.165, 1.54) is 4.57 Å². The number of alkyl halides is 3. The summed E-state index contributed by atoms with van der Waals surface area (Å²) in [4.78, 5) is 0. The van der Waals surface area contributed by atoms with Gasteiger partial charge in [-0.05, 0) is 50.1 Å². The van der Waals surface area contributed by atoms with Crippen LogP contribution in [0.15, 0.2) is 24.3 Å². The van der Waals surface area contributed by atoms with Crippen molar-refractivity contribution < 1.29 is 13.2 Å². The van der Waals surface area contributed by atoms with Crippen molar-refractivity contribution >= 4 is 16.6 Å². The molecule has 1 aliphatic heterocycles. The van der Waals surface area contributed by atoms with Gasteiger partial charge in [0.15, 0.2) is 0 Å². The van der Waals surface area contributed by atoms with Crippen molar-refractivity contribution in [2.75, 3.05) is 25.0 Å². The SMILES string of the molecule is NCC#Cc1cc2c(NC3CCNCC3)cccc2n1CC(F)(F)F. The molecule has 2 aromatic rings. The number of fused-ring (bicyclic) bond motifs is 1. The minimum Gasteiger partial charge on any atom is -0.382 e. The van der Waals surface area contributed by atoms with E-state index in [1.807, 2.05) is 6.07 Å². The van der Waals surface area contributed by atoms with Crippen LogP contribution < -0.4 is 16.4 Å². The Hall–Kier alpha value is -2.17. The maximum absolute atomic E-state index is 13.0. The van der Waals surface area contributed by atoms with Crippen LogP contribution in [0.3, 0.4) is 0 Å². The van der Waals surface area contributed by atoms with Crippen molar-refractivity contribution in [3.63, 3.8) is 0 Å². The van der Waals surface area contributed by atoms with Gasteiger partial charge in [-0.15, -0.1) is 0 Å². The van der Waals surface area contributed by atoms with Gasteiger partial charge in [0, 0.05) is 17.1 Å². The summed E-state index contributed by atoms with van der Waals surface area (Å²) in [5.74, 6) is 5.42. The van der Waals surface area contributed by atoms with E-state index in [9.17, 15) is 13.2 Å². The molecule has 0 atom stereocenters. The van der Waals surface area contributed by atoms with Crippen LogP contribution in [0.5, 0.6) is 0 Å². The molecule has 0 amide bonds. The lowest BCUT2D eigenvalue weighted by atomic mass is 10.1. The smallest absolute Gasteiger partial charge is 0.382 e. The van der Waals surface area contributed by atoms with Gasteiger partial charge in [0.2, 0.25) is 0 Å². The predicted octanol–water partition coefficient (Wildman–Crippen LogP) is 2.68. The Morgan fingerprint density at radius 2 is 2.04 bits per heavy atom. The summed E-state index contributed by atoms with van der Waals surface area (Å²) in [5.41, 5.74) is 7.08. The highest BCUT2D eigenvalue weighted by Gasteiger charge is 2.30. The molecular formula is C18H21F3N4. The van der Waals surface area contributed by atoms with Gasteiger partial charge >= 0.3 is 6.18 Å². The number of aromatic nitrogens is 1. The van der Waals surface area contributed by atoms with E-state index >= 15 is 0 Å². The quantitative estimate of drug-likeness (QED) is 0.746. The first-order valence-corrected chi connectivity index (χ1v) is 8.33. The molecule has 0 radical (unpaired) electrons. The summed E-state index contributed by atoms with van der Waals surface area (Å²) >= 11 is 0. The zero-order valence-corrected chi connectivity index (χ0v) is 13.8. The molecule has 0 saturated carbocycles. The molecule has 134 valence electrons. The van der Waals surface area contributed by atoms with Crippen LogP contribution in [-0.4, -0.2) is 36.4 Å². The average molecular weight is 350 g/mol. The number of nitrogens with zero attached hydrogens (tertiary/aromatic N) is 1. The zero-order valence-electron chi connectivity index (χ0n) is 13.8. The van der Waals surface area contributed by atoms with E-state index in [2.05, 4.69) is 22.5 Å². The van der Waals surface area contributed by atoms with E-state index in [0.717, 1.165) is 37.0 Å². The summed E-state index contributed by atoms with van der Waals surface area (Å²) in [6.07, 6.45) is -2.34. The molecular weight excluding hydrogens is 329 g/mol. The van der Waals surface area contributed by atoms with Crippen LogP contribution in [0.25, 0.3) is 10.9 Å². The average Bonchev–Trinajstić information content (AvgIpc) is 2.91. The molecule has 2 heterocycles. The lowest BCUT2D eigenvalue weighted by molar-refractivity contribution is -0.140. The number of halogens is 3. The van der Waals surface area contributed by atoms with Crippen molar-refractivity contribution in [3.8, 4) is 11.8 Å². The summed E-state index contributed by atoms with van der Waals surface area (Å²) in [5, 5.41) is 7.53. The lowest BCUT2D eigenvalue weighted by Gasteiger charge is -2.25. The molecule has 0 unspecified atom stereocenters. The van der Waals surface area contributed by atoms with Crippen molar-refractivity contribution in [2.45, 2.75) is 31.6 Å². The monoisotopic (exact) mass is 350 g/mol. The second kappa shape index (κ2) is 7.38. The highest BCUT2D eigenvalue weighted by atomic mass is 19.4. The summed E-state index contributed by atoms with van der Waals surface area (Å²) < 4.78 is 40.2. The number of anilines is 1. The minimum absolute atomic E-state index is 0.105. The first kappa shape index (κ1) is 17.6. The molecule has 4 nitrogen and oxygen atoms in total. The van der Waals surface area contributed by atoms with Gasteiger partial charge in [-0.1, -0.05) is 12.0 Å². The molecule has 1 aromatic carbocycles. The Balaban J connectivity index is 2.02. The third-order valence-electron chi connectivity index (χ3n) is 4.30. The lowest BCUT2D eigenvalue weighted by Crippen LogP contribution is -2.35. The zero-order chi connectivity index (χ0) is 17.9. The molecule has 1 saturated heterocycles. The Labute approximate surface area is 144 Å². The second-order valence-corrected chi connectivity index (χ2v) is 6.14. The van der Waals surface area contributed by atoms with Gasteiger partial charge in [-0.2, -0.15) is 13.2 Å². The third kappa shape index (κ3) is 4.27. The molecule has 0 spiro atoms. The van der Waals surface area contributed by atoms with Gasteiger partial charge in [0.1, 0.15) is 6.54 Å². The Bertz CT molecular complexity index is 792. The molecule has 0 aliphatic carbocycles. The number of hydrogen-bond donors (Lipinski definition) is 3. The molecule has 25 heavy (non-hydrogen) atoms. The van der Waals surface area contributed by atoms with Crippen molar-refractivity contribution in [3.05, 3.63) is 30.0 Å². The molecule has 1 fully saturated rings. The molecule has 1 aliphatic rings. The number of nitrogens with two attached hydrogens (primary N) is 1. The van der Waals surface area contributed by atoms with E-state index < -0.39 is 12.7 Å². The normalized spacial score (nSPS) is 15.8. The molecule has 3 rings (SSSR count). The predicted molar refractivity (Wildman–Crippen MR) is 93.4 cm³/mol. The molecule has 1 aromatic heterocycles. The summed E-state index contributed by atoms with van der Waals surface area (Å²) in [6.45, 7) is 0.918. The van der Waals surface area contributed by atoms with Crippen LogP contribution in [0, 0.1) is 11.8 Å². The van der Waals surface area contributed by atoms with Gasteiger partial charge in [-0.3, -0.25) is 0 Å². The van der Waals surface area contributed by atoms with E-state index in [-0.39, 0.29) is 6.54 Å². The summed E-state index contributed by atoms with van der Waals surface area (Å²) in [6, 6.07) is 7.41. The number of nitrogens with one attached hydrogen (secondary N) is 2. The first-order valence-electron chi connectivity index (χ1n) is 8.33. The number of hydrogen-bond acceptors (Lipinski definition) is 3. The largest absolute Gasteiger partial charge is 0.406 e. The van der Waals surface area contributed by atoms with E-state index in [1.54, 1.807) is 18.2 Å². The molecule has 7 heteroatoms. The van der Waals surface area contributed by atoms with Crippen molar-refractivity contribution in [1.29, 1.82) is 0 Å². The van der Waals surface area contributed by atoms with Gasteiger partial charge in [0.05, 0.1) is 17.8 Å². The maximum Gasteiger partial charge on any atom is 0.406 e. The number of rotatable bonds is 3. The van der Waals surface area contributed by atoms with Crippen LogP contribution in [0.2, 0.25) is 0 Å². The fraction of sp³-hybridized carbons (Fsp3) is 0.444. The van der Waals surface area contributed by atoms with Gasteiger partial charge < -0.3 is 20.9 Å². The minimum atomic E-state index is -4.32. The van der Waals surface area contributed by atoms with Gasteiger partial charge in [0.25, 0.3) is 0 Å². The summed E-state index contributed by atoms with van der Waals surface area (Å²) in [7, 11) is 0. The highest BCUT2D eigenvalue weighted by molar-refractivity contribution is 5.94. The van der Waals surface area contributed by atoms with E-state index in [4.69, 9.17) is 5.73 Å². The topological polar surface area (TPSA) is 55.0 Å². The second-order valence-electron chi connectivity index (χ2n) is 6.14. The third-order valence-corrected chi connectivity index (χ3v) is 4.30. The Kier molecular flexibility index (Phi) is 5.21. The molecule has 0 bridgehead atoms. The van der Waals surface area contributed by atoms with Crippen LogP contribution in [0.1, 0.15) is 18.5 Å². The van der Waals surface area contributed by atoms with Crippen LogP contribution >= 0.6 is 0 Å². The van der Waals surface area contributed by atoms with Gasteiger partial charge in [-0.25, -0.2) is 0 Å². The van der Waals surface area contributed by atoms with E-state index in [0.29, 0.717) is 17.3 Å². The first-order chi connectivity index (χ1) is 12.0. The Morgan fingerprint density at radius 1 is 1.28 bits per heavy atom. The highest BCUT2D eigenvalue weighted by Crippen LogP contribution is 2.31. The fourth-order valence-corrected chi connectivity index (χ4v) is 3.19. The van der Waals surface area contributed by atoms with Crippen LogP contribution in [0.4, 0.5) is 18.9 Å². The number of piperidine rings is 1. The van der Waals surface area contributed by atoms with Crippen LogP contribution in [-0.2, 0) is 6.54 Å². The standard InChI is InChI=1S/C18H21F3N4/c19-18(20,21)12-25-14(3-2-8-22)11-15-16(4-1-5-17(15)25)24-13-6-9-23-10-7-13/h1,4-5,11,13,23-24H,6-10,12,22H2. The van der Waals surface area contributed by atoms with Crippen molar-refractivity contribution in [2.24, 2.45) is 5.73 Å². The Morgan fingerprint density at radius 3 is 2.72 bits per heavy atom. The maximum atomic E-state index is 13.0.